The molecule has 0 aromatic heterocycles. The predicted molar refractivity (Wildman–Crippen MR) is 99.4 cm³/mol. The lowest BCUT2D eigenvalue weighted by Gasteiger charge is -2.15. The molecule has 2 aromatic rings. The molecule has 3 nitrogen and oxygen atoms in total. The minimum absolute atomic E-state index is 0.0796. The number of benzene rings is 2. The monoisotopic (exact) mass is 446 g/mol. The molecule has 1 saturated carbocycles. The van der Waals surface area contributed by atoms with Crippen LogP contribution in [0.15, 0.2) is 42.5 Å². The minimum atomic E-state index is -4.91. The van der Waals surface area contributed by atoms with Gasteiger partial charge in [-0.1, -0.05) is 12.1 Å². The SMILES string of the molecule is O=C(O)C1CCC(Cc2ccc(OCc3cc(C(F)(F)F)cc(C(F)(F)F)c3)cc2)C1. The maximum Gasteiger partial charge on any atom is 0.416 e. The number of rotatable bonds is 6. The van der Waals surface area contributed by atoms with Crippen molar-refractivity contribution in [2.45, 2.75) is 44.6 Å². The predicted octanol–water partition coefficient (Wildman–Crippen LogP) is 6.35. The lowest BCUT2D eigenvalue weighted by atomic mass is 9.97. The number of hydrogen-bond acceptors (Lipinski definition) is 2. The molecule has 168 valence electrons. The van der Waals surface area contributed by atoms with Crippen molar-refractivity contribution in [1.29, 1.82) is 0 Å². The Labute approximate surface area is 174 Å². The van der Waals surface area contributed by atoms with E-state index in [2.05, 4.69) is 0 Å². The van der Waals surface area contributed by atoms with Gasteiger partial charge in [0, 0.05) is 0 Å². The molecule has 3 rings (SSSR count). The van der Waals surface area contributed by atoms with E-state index >= 15 is 0 Å². The van der Waals surface area contributed by atoms with E-state index in [1.807, 2.05) is 0 Å². The molecule has 0 spiro atoms. The van der Waals surface area contributed by atoms with Crippen LogP contribution in [-0.4, -0.2) is 11.1 Å². The summed E-state index contributed by atoms with van der Waals surface area (Å²) in [6.45, 7) is -0.449. The van der Waals surface area contributed by atoms with E-state index in [0.717, 1.165) is 12.0 Å². The first-order valence-electron chi connectivity index (χ1n) is 9.64. The van der Waals surface area contributed by atoms with E-state index in [1.165, 1.54) is 0 Å². The average molecular weight is 446 g/mol. The zero-order valence-electron chi connectivity index (χ0n) is 16.3. The minimum Gasteiger partial charge on any atom is -0.489 e. The second-order valence-electron chi connectivity index (χ2n) is 7.77. The maximum absolute atomic E-state index is 12.9. The van der Waals surface area contributed by atoms with Gasteiger partial charge in [0.2, 0.25) is 0 Å². The van der Waals surface area contributed by atoms with Gasteiger partial charge in [0.1, 0.15) is 12.4 Å². The molecule has 2 atom stereocenters. The van der Waals surface area contributed by atoms with Crippen molar-refractivity contribution in [3.05, 3.63) is 64.7 Å². The van der Waals surface area contributed by atoms with Crippen LogP contribution in [0.3, 0.4) is 0 Å². The van der Waals surface area contributed by atoms with Gasteiger partial charge >= 0.3 is 18.3 Å². The highest BCUT2D eigenvalue weighted by Gasteiger charge is 2.37. The van der Waals surface area contributed by atoms with Crippen LogP contribution in [0.1, 0.15) is 41.5 Å². The molecule has 0 saturated heterocycles. The molecule has 31 heavy (non-hydrogen) atoms. The van der Waals surface area contributed by atoms with Gasteiger partial charge in [0.05, 0.1) is 17.0 Å². The third-order valence-electron chi connectivity index (χ3n) is 5.39. The first-order valence-corrected chi connectivity index (χ1v) is 9.64. The molecule has 2 unspecified atom stereocenters. The third kappa shape index (κ3) is 6.15. The van der Waals surface area contributed by atoms with Crippen LogP contribution < -0.4 is 4.74 Å². The van der Waals surface area contributed by atoms with Crippen molar-refractivity contribution < 1.29 is 41.0 Å². The molecule has 1 fully saturated rings. The lowest BCUT2D eigenvalue weighted by Crippen LogP contribution is -2.12. The number of hydrogen-bond donors (Lipinski definition) is 1. The topological polar surface area (TPSA) is 46.5 Å². The van der Waals surface area contributed by atoms with Gasteiger partial charge in [0.15, 0.2) is 0 Å². The zero-order valence-corrected chi connectivity index (χ0v) is 16.3. The Morgan fingerprint density at radius 2 is 1.48 bits per heavy atom. The highest BCUT2D eigenvalue weighted by Crippen LogP contribution is 2.37. The van der Waals surface area contributed by atoms with Gasteiger partial charge in [-0.15, -0.1) is 0 Å². The number of ether oxygens (including phenoxy) is 1. The summed E-state index contributed by atoms with van der Waals surface area (Å²) in [5, 5.41) is 9.07. The molecular formula is C22H20F6O3. The molecule has 0 amide bonds. The van der Waals surface area contributed by atoms with Crippen LogP contribution in [0.4, 0.5) is 26.3 Å². The van der Waals surface area contributed by atoms with Gasteiger partial charge < -0.3 is 9.84 Å². The lowest BCUT2D eigenvalue weighted by molar-refractivity contribution is -0.143. The van der Waals surface area contributed by atoms with Gasteiger partial charge in [0.25, 0.3) is 0 Å². The Bertz CT molecular complexity index is 886. The van der Waals surface area contributed by atoms with Crippen LogP contribution in [0.5, 0.6) is 5.75 Å². The van der Waals surface area contributed by atoms with Crippen LogP contribution in [0, 0.1) is 11.8 Å². The van der Waals surface area contributed by atoms with Crippen LogP contribution >= 0.6 is 0 Å². The van der Waals surface area contributed by atoms with E-state index in [-0.39, 0.29) is 23.5 Å². The Morgan fingerprint density at radius 1 is 0.903 bits per heavy atom. The number of alkyl halides is 6. The molecule has 0 radical (unpaired) electrons. The summed E-state index contributed by atoms with van der Waals surface area (Å²) in [7, 11) is 0. The summed E-state index contributed by atoms with van der Waals surface area (Å²) < 4.78 is 83.0. The summed E-state index contributed by atoms with van der Waals surface area (Å²) >= 11 is 0. The highest BCUT2D eigenvalue weighted by atomic mass is 19.4. The molecule has 1 aliphatic carbocycles. The second-order valence-corrected chi connectivity index (χ2v) is 7.77. The van der Waals surface area contributed by atoms with E-state index in [0.29, 0.717) is 37.1 Å². The number of carboxylic acids is 1. The summed E-state index contributed by atoms with van der Waals surface area (Å²) in [5.41, 5.74) is -2.04. The third-order valence-corrected chi connectivity index (χ3v) is 5.39. The second kappa shape index (κ2) is 8.80. The van der Waals surface area contributed by atoms with Crippen LogP contribution in [0.2, 0.25) is 0 Å². The average Bonchev–Trinajstić information content (AvgIpc) is 3.15. The fourth-order valence-corrected chi connectivity index (χ4v) is 3.81. The molecule has 0 bridgehead atoms. The summed E-state index contributed by atoms with van der Waals surface area (Å²) in [6, 6.07) is 8.07. The number of aliphatic carboxylic acids is 1. The molecule has 0 aliphatic heterocycles. The smallest absolute Gasteiger partial charge is 0.416 e. The highest BCUT2D eigenvalue weighted by molar-refractivity contribution is 5.70. The zero-order chi connectivity index (χ0) is 22.8. The molecule has 1 N–H and O–H groups in total. The van der Waals surface area contributed by atoms with Crippen molar-refractivity contribution >= 4 is 5.97 Å². The van der Waals surface area contributed by atoms with E-state index in [9.17, 15) is 31.1 Å². The normalized spacial score (nSPS) is 19.4. The Kier molecular flexibility index (Phi) is 6.52. The van der Waals surface area contributed by atoms with E-state index in [4.69, 9.17) is 9.84 Å². The Hall–Kier alpha value is -2.71. The quantitative estimate of drug-likeness (QED) is 0.527. The first kappa shape index (κ1) is 23.0. The van der Waals surface area contributed by atoms with Gasteiger partial charge in [-0.05, 0) is 73.1 Å². The van der Waals surface area contributed by atoms with Crippen LogP contribution in [0.25, 0.3) is 0 Å². The molecule has 2 aromatic carbocycles. The molecule has 9 heteroatoms. The fraction of sp³-hybridized carbons (Fsp3) is 0.409. The standard InChI is InChI=1S/C22H20F6O3/c23-21(24,25)17-9-15(10-18(11-17)22(26,27)28)12-31-19-5-2-13(3-6-19)7-14-1-4-16(8-14)20(29)30/h2-3,5-6,9-11,14,16H,1,4,7-8,12H2,(H,29,30). The summed E-state index contributed by atoms with van der Waals surface area (Å²) in [4.78, 5) is 11.0. The Morgan fingerprint density at radius 3 is 1.97 bits per heavy atom. The maximum atomic E-state index is 12.9. The van der Waals surface area contributed by atoms with Crippen molar-refractivity contribution in [3.8, 4) is 5.75 Å². The number of carboxylic acid groups (broad SMARTS) is 1. The fourth-order valence-electron chi connectivity index (χ4n) is 3.81. The number of carbonyl (C=O) groups is 1. The summed E-state index contributed by atoms with van der Waals surface area (Å²) in [5.74, 6) is -0.528. The van der Waals surface area contributed by atoms with E-state index < -0.39 is 36.1 Å². The van der Waals surface area contributed by atoms with Crippen molar-refractivity contribution in [3.63, 3.8) is 0 Å². The van der Waals surface area contributed by atoms with E-state index in [1.54, 1.807) is 24.3 Å². The largest absolute Gasteiger partial charge is 0.489 e. The molecule has 0 heterocycles. The van der Waals surface area contributed by atoms with Gasteiger partial charge in [-0.2, -0.15) is 26.3 Å². The van der Waals surface area contributed by atoms with Gasteiger partial charge in [-0.25, -0.2) is 0 Å². The van der Waals surface area contributed by atoms with Crippen LogP contribution in [-0.2, 0) is 30.2 Å². The molecular weight excluding hydrogens is 426 g/mol. The summed E-state index contributed by atoms with van der Waals surface area (Å²) in [6.07, 6.45) is -7.02. The first-order chi connectivity index (χ1) is 14.4. The number of halogens is 6. The molecule has 1 aliphatic rings. The van der Waals surface area contributed by atoms with Crippen molar-refractivity contribution in [2.75, 3.05) is 0 Å². The van der Waals surface area contributed by atoms with Crippen molar-refractivity contribution in [2.24, 2.45) is 11.8 Å². The van der Waals surface area contributed by atoms with Gasteiger partial charge in [-0.3, -0.25) is 4.79 Å². The Balaban J connectivity index is 1.64. The van der Waals surface area contributed by atoms with Crippen molar-refractivity contribution in [1.82, 2.24) is 0 Å².